The van der Waals surface area contributed by atoms with E-state index in [1.807, 2.05) is 0 Å². The highest BCUT2D eigenvalue weighted by Crippen LogP contribution is 2.06. The standard InChI is InChI=1S/C18H40O4Si/c1-5-6-7-8-9-10-11-12-19-13-14-20-15-16-21-17-18-22-23(2,3)4/h5-18H2,1-4H3. The lowest BCUT2D eigenvalue weighted by molar-refractivity contribution is 0.00834. The molecule has 140 valence electrons. The average Bonchev–Trinajstić information content (AvgIpc) is 2.49. The lowest BCUT2D eigenvalue weighted by atomic mass is 10.1. The molecule has 0 heterocycles. The zero-order valence-corrected chi connectivity index (χ0v) is 17.0. The second kappa shape index (κ2) is 16.9. The molecule has 0 rings (SSSR count). The molecular formula is C18H40O4Si. The fraction of sp³-hybridized carbons (Fsp3) is 1.00. The highest BCUT2D eigenvalue weighted by Gasteiger charge is 2.12. The number of ether oxygens (including phenoxy) is 3. The Bertz CT molecular complexity index is 232. The lowest BCUT2D eigenvalue weighted by Crippen LogP contribution is -2.27. The zero-order valence-electron chi connectivity index (χ0n) is 16.0. The minimum absolute atomic E-state index is 0.632. The molecule has 0 aromatic rings. The van der Waals surface area contributed by atoms with Crippen LogP contribution in [0.15, 0.2) is 0 Å². The van der Waals surface area contributed by atoms with Crippen LogP contribution in [0.5, 0.6) is 0 Å². The van der Waals surface area contributed by atoms with Crippen LogP contribution in [0.1, 0.15) is 51.9 Å². The van der Waals surface area contributed by atoms with Gasteiger partial charge in [-0.2, -0.15) is 0 Å². The molecule has 4 nitrogen and oxygen atoms in total. The van der Waals surface area contributed by atoms with Crippen molar-refractivity contribution in [1.29, 1.82) is 0 Å². The molecule has 0 saturated heterocycles. The van der Waals surface area contributed by atoms with Crippen molar-refractivity contribution in [2.24, 2.45) is 0 Å². The molecule has 0 unspecified atom stereocenters. The number of hydrogen-bond donors (Lipinski definition) is 0. The van der Waals surface area contributed by atoms with Gasteiger partial charge in [0.25, 0.3) is 0 Å². The van der Waals surface area contributed by atoms with E-state index in [2.05, 4.69) is 26.6 Å². The van der Waals surface area contributed by atoms with Crippen LogP contribution in [0.4, 0.5) is 0 Å². The van der Waals surface area contributed by atoms with Gasteiger partial charge in [0.2, 0.25) is 0 Å². The van der Waals surface area contributed by atoms with E-state index >= 15 is 0 Å². The monoisotopic (exact) mass is 348 g/mol. The maximum absolute atomic E-state index is 5.70. The first kappa shape index (κ1) is 23.1. The summed E-state index contributed by atoms with van der Waals surface area (Å²) in [5.41, 5.74) is 0. The summed E-state index contributed by atoms with van der Waals surface area (Å²) < 4.78 is 22.2. The Balaban J connectivity index is 3.00. The van der Waals surface area contributed by atoms with Crippen LogP contribution in [0.2, 0.25) is 19.6 Å². The first-order valence-electron chi connectivity index (χ1n) is 9.43. The van der Waals surface area contributed by atoms with E-state index in [9.17, 15) is 0 Å². The van der Waals surface area contributed by atoms with E-state index < -0.39 is 8.32 Å². The Morgan fingerprint density at radius 3 is 1.48 bits per heavy atom. The highest BCUT2D eigenvalue weighted by molar-refractivity contribution is 6.69. The van der Waals surface area contributed by atoms with Crippen molar-refractivity contribution in [3.05, 3.63) is 0 Å². The van der Waals surface area contributed by atoms with Crippen molar-refractivity contribution in [3.63, 3.8) is 0 Å². The average molecular weight is 349 g/mol. The summed E-state index contributed by atoms with van der Waals surface area (Å²) in [6.45, 7) is 13.6. The summed E-state index contributed by atoms with van der Waals surface area (Å²) in [5.74, 6) is 0. The van der Waals surface area contributed by atoms with Crippen molar-refractivity contribution < 1.29 is 18.6 Å². The molecule has 0 aromatic carbocycles. The molecular weight excluding hydrogens is 308 g/mol. The van der Waals surface area contributed by atoms with Crippen LogP contribution in [0.3, 0.4) is 0 Å². The molecule has 23 heavy (non-hydrogen) atoms. The van der Waals surface area contributed by atoms with Crippen LogP contribution < -0.4 is 0 Å². The summed E-state index contributed by atoms with van der Waals surface area (Å²) in [4.78, 5) is 0. The Labute approximate surface area is 145 Å². The Kier molecular flexibility index (Phi) is 16.9. The van der Waals surface area contributed by atoms with Gasteiger partial charge in [-0.1, -0.05) is 45.4 Å². The Morgan fingerprint density at radius 1 is 0.522 bits per heavy atom. The van der Waals surface area contributed by atoms with Crippen molar-refractivity contribution in [2.75, 3.05) is 46.2 Å². The summed E-state index contributed by atoms with van der Waals surface area (Å²) >= 11 is 0. The molecule has 0 aliphatic heterocycles. The van der Waals surface area contributed by atoms with Crippen LogP contribution in [-0.2, 0) is 18.6 Å². The van der Waals surface area contributed by atoms with E-state index in [4.69, 9.17) is 18.6 Å². The summed E-state index contributed by atoms with van der Waals surface area (Å²) in [6.07, 6.45) is 9.27. The molecule has 0 bridgehead atoms. The molecule has 0 radical (unpaired) electrons. The molecule has 0 N–H and O–H groups in total. The smallest absolute Gasteiger partial charge is 0.183 e. The lowest BCUT2D eigenvalue weighted by Gasteiger charge is -2.16. The first-order valence-corrected chi connectivity index (χ1v) is 12.8. The molecule has 0 aliphatic rings. The molecule has 0 spiro atoms. The third-order valence-electron chi connectivity index (χ3n) is 3.40. The van der Waals surface area contributed by atoms with Crippen molar-refractivity contribution in [1.82, 2.24) is 0 Å². The van der Waals surface area contributed by atoms with E-state index in [0.29, 0.717) is 39.6 Å². The minimum atomic E-state index is -1.39. The zero-order chi connectivity index (χ0) is 17.2. The number of unbranched alkanes of at least 4 members (excludes halogenated alkanes) is 6. The Morgan fingerprint density at radius 2 is 0.957 bits per heavy atom. The van der Waals surface area contributed by atoms with Gasteiger partial charge in [-0.3, -0.25) is 0 Å². The van der Waals surface area contributed by atoms with Gasteiger partial charge in [-0.25, -0.2) is 0 Å². The highest BCUT2D eigenvalue weighted by atomic mass is 28.4. The summed E-state index contributed by atoms with van der Waals surface area (Å²) in [6, 6.07) is 0. The van der Waals surface area contributed by atoms with Gasteiger partial charge < -0.3 is 18.6 Å². The van der Waals surface area contributed by atoms with Gasteiger partial charge in [0.15, 0.2) is 8.32 Å². The van der Waals surface area contributed by atoms with Gasteiger partial charge in [-0.15, -0.1) is 0 Å². The number of rotatable bonds is 18. The van der Waals surface area contributed by atoms with E-state index in [-0.39, 0.29) is 0 Å². The summed E-state index contributed by atoms with van der Waals surface area (Å²) in [7, 11) is -1.39. The van der Waals surface area contributed by atoms with E-state index in [0.717, 1.165) is 6.61 Å². The fourth-order valence-corrected chi connectivity index (χ4v) is 2.81. The Hall–Kier alpha value is 0.0569. The van der Waals surface area contributed by atoms with Crippen molar-refractivity contribution in [2.45, 2.75) is 71.5 Å². The van der Waals surface area contributed by atoms with Gasteiger partial charge in [0.05, 0.1) is 39.6 Å². The topological polar surface area (TPSA) is 36.9 Å². The molecule has 0 amide bonds. The predicted octanol–water partition coefficient (Wildman–Crippen LogP) is 4.64. The maximum atomic E-state index is 5.70. The quantitative estimate of drug-likeness (QED) is 0.267. The van der Waals surface area contributed by atoms with Crippen LogP contribution in [0, 0.1) is 0 Å². The first-order chi connectivity index (χ1) is 11.1. The molecule has 0 aliphatic carbocycles. The normalized spacial score (nSPS) is 12.0. The van der Waals surface area contributed by atoms with Crippen molar-refractivity contribution in [3.8, 4) is 0 Å². The predicted molar refractivity (Wildman–Crippen MR) is 99.7 cm³/mol. The number of hydrogen-bond acceptors (Lipinski definition) is 4. The summed E-state index contributed by atoms with van der Waals surface area (Å²) in [5, 5.41) is 0. The minimum Gasteiger partial charge on any atom is -0.415 e. The molecule has 5 heteroatoms. The van der Waals surface area contributed by atoms with Gasteiger partial charge >= 0.3 is 0 Å². The molecule has 0 fully saturated rings. The second-order valence-electron chi connectivity index (χ2n) is 6.92. The van der Waals surface area contributed by atoms with E-state index in [1.54, 1.807) is 0 Å². The van der Waals surface area contributed by atoms with Gasteiger partial charge in [0.1, 0.15) is 0 Å². The van der Waals surface area contributed by atoms with Crippen LogP contribution in [-0.4, -0.2) is 54.6 Å². The third-order valence-corrected chi connectivity index (χ3v) is 4.47. The molecule has 0 saturated carbocycles. The van der Waals surface area contributed by atoms with Gasteiger partial charge in [-0.05, 0) is 26.1 Å². The van der Waals surface area contributed by atoms with Crippen LogP contribution >= 0.6 is 0 Å². The largest absolute Gasteiger partial charge is 0.415 e. The maximum Gasteiger partial charge on any atom is 0.183 e. The van der Waals surface area contributed by atoms with Gasteiger partial charge in [0, 0.05) is 6.61 Å². The third kappa shape index (κ3) is 22.1. The van der Waals surface area contributed by atoms with Crippen molar-refractivity contribution >= 4 is 8.32 Å². The molecule has 0 aromatic heterocycles. The second-order valence-corrected chi connectivity index (χ2v) is 11.4. The fourth-order valence-electron chi connectivity index (χ4n) is 2.11. The molecule has 0 atom stereocenters. The van der Waals surface area contributed by atoms with E-state index in [1.165, 1.54) is 44.9 Å². The SMILES string of the molecule is CCCCCCCCCOCCOCCOCCO[Si](C)(C)C. The van der Waals surface area contributed by atoms with Crippen LogP contribution in [0.25, 0.3) is 0 Å².